The summed E-state index contributed by atoms with van der Waals surface area (Å²) in [6.45, 7) is 1.03. The minimum absolute atomic E-state index is 0.0342. The Balaban J connectivity index is 2.62. The molecular weight excluding hydrogens is 252 g/mol. The zero-order chi connectivity index (χ0) is 12.2. The summed E-state index contributed by atoms with van der Waals surface area (Å²) in [5.74, 6) is -0.0342. The summed E-state index contributed by atoms with van der Waals surface area (Å²) in [5, 5.41) is 0. The van der Waals surface area contributed by atoms with Gasteiger partial charge in [-0.3, -0.25) is 0 Å². The molecule has 0 spiro atoms. The number of morpholine rings is 1. The Morgan fingerprint density at radius 2 is 2.38 bits per heavy atom. The van der Waals surface area contributed by atoms with Crippen molar-refractivity contribution in [3.8, 4) is 0 Å². The lowest BCUT2D eigenvalue weighted by atomic mass is 10.3. The second-order valence-corrected chi connectivity index (χ2v) is 5.99. The van der Waals surface area contributed by atoms with Gasteiger partial charge in [-0.2, -0.15) is 4.31 Å². The zero-order valence-electron chi connectivity index (χ0n) is 9.09. The van der Waals surface area contributed by atoms with Crippen LogP contribution in [0.2, 0.25) is 0 Å². The SMILES string of the molecule is COCCS(=O)(=O)N1CCOC(C(N)=S)C1. The van der Waals surface area contributed by atoms with E-state index in [4.69, 9.17) is 27.4 Å². The number of nitrogens with zero attached hydrogens (tertiary/aromatic N) is 1. The van der Waals surface area contributed by atoms with Crippen molar-refractivity contribution < 1.29 is 17.9 Å². The van der Waals surface area contributed by atoms with E-state index in [2.05, 4.69) is 0 Å². The number of methoxy groups -OCH3 is 1. The Hall–Kier alpha value is -0.280. The first-order valence-corrected chi connectivity index (χ1v) is 6.87. The molecule has 6 nitrogen and oxygen atoms in total. The van der Waals surface area contributed by atoms with E-state index in [-0.39, 0.29) is 23.9 Å². The van der Waals surface area contributed by atoms with Gasteiger partial charge in [-0.05, 0) is 0 Å². The summed E-state index contributed by atoms with van der Waals surface area (Å²) >= 11 is 4.79. The van der Waals surface area contributed by atoms with Crippen LogP contribution >= 0.6 is 12.2 Å². The number of thiocarbonyl (C=S) groups is 1. The normalized spacial score (nSPS) is 23.2. The van der Waals surface area contributed by atoms with Crippen LogP contribution in [-0.4, -0.2) is 63.0 Å². The van der Waals surface area contributed by atoms with Crippen LogP contribution in [0.15, 0.2) is 0 Å². The van der Waals surface area contributed by atoms with Gasteiger partial charge in [0, 0.05) is 20.2 Å². The van der Waals surface area contributed by atoms with Gasteiger partial charge in [0.1, 0.15) is 11.1 Å². The van der Waals surface area contributed by atoms with Gasteiger partial charge in [-0.15, -0.1) is 0 Å². The Kier molecular flexibility index (Phi) is 5.06. The lowest BCUT2D eigenvalue weighted by molar-refractivity contribution is 0.0384. The summed E-state index contributed by atoms with van der Waals surface area (Å²) in [5.41, 5.74) is 5.43. The molecule has 1 rings (SSSR count). The van der Waals surface area contributed by atoms with E-state index < -0.39 is 16.1 Å². The molecule has 0 aromatic carbocycles. The average molecular weight is 268 g/mol. The first-order chi connectivity index (χ1) is 7.47. The van der Waals surface area contributed by atoms with Crippen LogP contribution in [0.25, 0.3) is 0 Å². The van der Waals surface area contributed by atoms with Gasteiger partial charge in [0.2, 0.25) is 10.0 Å². The van der Waals surface area contributed by atoms with Crippen LogP contribution < -0.4 is 5.73 Å². The smallest absolute Gasteiger partial charge is 0.216 e. The van der Waals surface area contributed by atoms with Crippen LogP contribution in [-0.2, 0) is 19.5 Å². The fraction of sp³-hybridized carbons (Fsp3) is 0.875. The molecule has 0 aromatic rings. The number of sulfonamides is 1. The predicted molar refractivity (Wildman–Crippen MR) is 63.8 cm³/mol. The summed E-state index contributed by atoms with van der Waals surface area (Å²) in [6, 6.07) is 0. The maximum Gasteiger partial charge on any atom is 0.216 e. The molecule has 8 heteroatoms. The maximum absolute atomic E-state index is 11.8. The molecule has 1 fully saturated rings. The molecule has 0 aliphatic carbocycles. The molecule has 1 aliphatic rings. The Morgan fingerprint density at radius 1 is 1.69 bits per heavy atom. The van der Waals surface area contributed by atoms with Crippen LogP contribution in [0, 0.1) is 0 Å². The van der Waals surface area contributed by atoms with Crippen molar-refractivity contribution in [3.05, 3.63) is 0 Å². The largest absolute Gasteiger partial charge is 0.391 e. The Bertz CT molecular complexity index is 344. The average Bonchev–Trinajstić information content (AvgIpc) is 2.26. The van der Waals surface area contributed by atoms with Crippen LogP contribution in [0.3, 0.4) is 0 Å². The quantitative estimate of drug-likeness (QED) is 0.641. The number of rotatable bonds is 5. The lowest BCUT2D eigenvalue weighted by Crippen LogP contribution is -2.50. The molecule has 0 bridgehead atoms. The summed E-state index contributed by atoms with van der Waals surface area (Å²) < 4.78 is 35.0. The van der Waals surface area contributed by atoms with Gasteiger partial charge in [0.25, 0.3) is 0 Å². The standard InChI is InChI=1S/C8H16N2O4S2/c1-13-4-5-16(11,12)10-2-3-14-7(6-10)8(9)15/h7H,2-6H2,1H3,(H2,9,15). The van der Waals surface area contributed by atoms with E-state index in [1.54, 1.807) is 0 Å². The van der Waals surface area contributed by atoms with Crippen LogP contribution in [0.5, 0.6) is 0 Å². The third kappa shape index (κ3) is 3.63. The van der Waals surface area contributed by atoms with Crippen molar-refractivity contribution in [1.29, 1.82) is 0 Å². The minimum Gasteiger partial charge on any atom is -0.391 e. The third-order valence-electron chi connectivity index (χ3n) is 2.29. The van der Waals surface area contributed by atoms with E-state index in [1.165, 1.54) is 11.4 Å². The fourth-order valence-electron chi connectivity index (χ4n) is 1.37. The Labute approximate surface area is 101 Å². The van der Waals surface area contributed by atoms with E-state index >= 15 is 0 Å². The van der Waals surface area contributed by atoms with Gasteiger partial charge in [0.05, 0.1) is 19.0 Å². The fourth-order valence-corrected chi connectivity index (χ4v) is 2.86. The lowest BCUT2D eigenvalue weighted by Gasteiger charge is -2.31. The predicted octanol–water partition coefficient (Wildman–Crippen LogP) is -1.05. The molecule has 0 radical (unpaired) electrons. The first kappa shape index (κ1) is 13.8. The van der Waals surface area contributed by atoms with E-state index in [1.807, 2.05) is 0 Å². The highest BCUT2D eigenvalue weighted by atomic mass is 32.2. The Morgan fingerprint density at radius 3 is 2.94 bits per heavy atom. The van der Waals surface area contributed by atoms with Gasteiger partial charge in [0.15, 0.2) is 0 Å². The molecular formula is C8H16N2O4S2. The number of hydrogen-bond donors (Lipinski definition) is 1. The summed E-state index contributed by atoms with van der Waals surface area (Å²) in [4.78, 5) is 0.187. The van der Waals surface area contributed by atoms with Crippen molar-refractivity contribution in [3.63, 3.8) is 0 Å². The van der Waals surface area contributed by atoms with Gasteiger partial charge >= 0.3 is 0 Å². The maximum atomic E-state index is 11.8. The summed E-state index contributed by atoms with van der Waals surface area (Å²) in [7, 11) is -1.83. The van der Waals surface area contributed by atoms with Gasteiger partial charge in [-0.25, -0.2) is 8.42 Å². The minimum atomic E-state index is -3.30. The number of hydrogen-bond acceptors (Lipinski definition) is 5. The van der Waals surface area contributed by atoms with Crippen molar-refractivity contribution in [2.45, 2.75) is 6.10 Å². The highest BCUT2D eigenvalue weighted by molar-refractivity contribution is 7.89. The molecule has 16 heavy (non-hydrogen) atoms. The third-order valence-corrected chi connectivity index (χ3v) is 4.35. The molecule has 1 saturated heterocycles. The van der Waals surface area contributed by atoms with Crippen LogP contribution in [0.4, 0.5) is 0 Å². The van der Waals surface area contributed by atoms with Crippen LogP contribution in [0.1, 0.15) is 0 Å². The molecule has 0 amide bonds. The van der Waals surface area contributed by atoms with Crippen molar-refractivity contribution in [2.75, 3.05) is 39.2 Å². The molecule has 0 aromatic heterocycles. The van der Waals surface area contributed by atoms with Crippen molar-refractivity contribution in [2.24, 2.45) is 5.73 Å². The molecule has 94 valence electrons. The summed E-state index contributed by atoms with van der Waals surface area (Å²) in [6.07, 6.45) is -0.485. The number of nitrogens with two attached hydrogens (primary N) is 1. The van der Waals surface area contributed by atoms with Gasteiger partial charge < -0.3 is 15.2 Å². The molecule has 1 heterocycles. The molecule has 1 atom stereocenters. The highest BCUT2D eigenvalue weighted by Gasteiger charge is 2.30. The topological polar surface area (TPSA) is 81.9 Å². The number of ether oxygens (including phenoxy) is 2. The van der Waals surface area contributed by atoms with E-state index in [0.717, 1.165) is 0 Å². The van der Waals surface area contributed by atoms with Crippen molar-refractivity contribution in [1.82, 2.24) is 4.31 Å². The first-order valence-electron chi connectivity index (χ1n) is 4.85. The van der Waals surface area contributed by atoms with Gasteiger partial charge in [-0.1, -0.05) is 12.2 Å². The molecule has 0 saturated carbocycles. The zero-order valence-corrected chi connectivity index (χ0v) is 10.7. The second kappa shape index (κ2) is 5.87. The second-order valence-electron chi connectivity index (χ2n) is 3.43. The van der Waals surface area contributed by atoms with E-state index in [9.17, 15) is 8.42 Å². The molecule has 1 unspecified atom stereocenters. The monoisotopic (exact) mass is 268 g/mol. The van der Waals surface area contributed by atoms with E-state index in [0.29, 0.717) is 13.2 Å². The molecule has 1 aliphatic heterocycles. The van der Waals surface area contributed by atoms with Crippen molar-refractivity contribution >= 4 is 27.2 Å². The highest BCUT2D eigenvalue weighted by Crippen LogP contribution is 2.10. The molecule has 2 N–H and O–H groups in total.